The molecule has 1 aromatic rings. The normalized spacial score (nSPS) is 22.0. The van der Waals surface area contributed by atoms with Gasteiger partial charge in [0.05, 0.1) is 0 Å². The molecular weight excluding hydrogens is 248 g/mol. The van der Waals surface area contributed by atoms with E-state index in [9.17, 15) is 4.79 Å². The zero-order valence-corrected chi connectivity index (χ0v) is 12.5. The number of nitrogens with one attached hydrogen (secondary N) is 1. The van der Waals surface area contributed by atoms with Gasteiger partial charge in [0, 0.05) is 24.2 Å². The zero-order chi connectivity index (χ0) is 14.1. The van der Waals surface area contributed by atoms with Crippen LogP contribution in [0.25, 0.3) is 0 Å². The lowest BCUT2D eigenvalue weighted by atomic mass is 10.1. The highest BCUT2D eigenvalue weighted by atomic mass is 16.2. The highest BCUT2D eigenvalue weighted by molar-refractivity contribution is 5.95. The SMILES string of the molecule is Cc1ccc(C(=O)N(C[C@@H]2CCCN2)C2CC2)cc1C. The summed E-state index contributed by atoms with van der Waals surface area (Å²) in [7, 11) is 0. The van der Waals surface area contributed by atoms with Gasteiger partial charge in [-0.15, -0.1) is 0 Å². The molecular formula is C17H24N2O. The van der Waals surface area contributed by atoms with Gasteiger partial charge in [-0.2, -0.15) is 0 Å². The molecule has 0 unspecified atom stereocenters. The molecule has 1 amide bonds. The number of rotatable bonds is 4. The zero-order valence-electron chi connectivity index (χ0n) is 12.5. The molecule has 1 saturated heterocycles. The largest absolute Gasteiger partial charge is 0.334 e. The van der Waals surface area contributed by atoms with Gasteiger partial charge in [-0.05, 0) is 69.3 Å². The van der Waals surface area contributed by atoms with Crippen molar-refractivity contribution in [3.63, 3.8) is 0 Å². The van der Waals surface area contributed by atoms with Crippen LogP contribution >= 0.6 is 0 Å². The second-order valence-corrected chi connectivity index (χ2v) is 6.28. The summed E-state index contributed by atoms with van der Waals surface area (Å²) in [6.45, 7) is 6.13. The predicted molar refractivity (Wildman–Crippen MR) is 81.0 cm³/mol. The molecule has 2 fully saturated rings. The Morgan fingerprint density at radius 2 is 2.05 bits per heavy atom. The molecule has 3 rings (SSSR count). The monoisotopic (exact) mass is 272 g/mol. The predicted octanol–water partition coefficient (Wildman–Crippen LogP) is 2.66. The van der Waals surface area contributed by atoms with Crippen LogP contribution in [0.2, 0.25) is 0 Å². The summed E-state index contributed by atoms with van der Waals surface area (Å²) >= 11 is 0. The van der Waals surface area contributed by atoms with E-state index in [0.29, 0.717) is 12.1 Å². The van der Waals surface area contributed by atoms with Gasteiger partial charge in [-0.25, -0.2) is 0 Å². The van der Waals surface area contributed by atoms with Crippen LogP contribution in [-0.4, -0.2) is 36.0 Å². The van der Waals surface area contributed by atoms with Crippen molar-refractivity contribution in [2.75, 3.05) is 13.1 Å². The molecule has 1 aliphatic carbocycles. The average Bonchev–Trinajstić information content (AvgIpc) is 3.15. The van der Waals surface area contributed by atoms with Gasteiger partial charge in [0.15, 0.2) is 0 Å². The van der Waals surface area contributed by atoms with Gasteiger partial charge < -0.3 is 10.2 Å². The first-order valence-corrected chi connectivity index (χ1v) is 7.77. The molecule has 0 aromatic heterocycles. The van der Waals surface area contributed by atoms with Gasteiger partial charge in [0.2, 0.25) is 0 Å². The van der Waals surface area contributed by atoms with E-state index in [-0.39, 0.29) is 5.91 Å². The summed E-state index contributed by atoms with van der Waals surface area (Å²) in [5, 5.41) is 3.50. The second kappa shape index (κ2) is 5.57. The first-order chi connectivity index (χ1) is 9.65. The van der Waals surface area contributed by atoms with Gasteiger partial charge in [-0.3, -0.25) is 4.79 Å². The maximum Gasteiger partial charge on any atom is 0.254 e. The molecule has 0 radical (unpaired) electrons. The molecule has 1 N–H and O–H groups in total. The van der Waals surface area contributed by atoms with E-state index < -0.39 is 0 Å². The van der Waals surface area contributed by atoms with Crippen molar-refractivity contribution >= 4 is 5.91 Å². The molecule has 0 spiro atoms. The fourth-order valence-corrected chi connectivity index (χ4v) is 2.97. The fourth-order valence-electron chi connectivity index (χ4n) is 2.97. The van der Waals surface area contributed by atoms with E-state index in [1.165, 1.54) is 36.8 Å². The average molecular weight is 272 g/mol. The minimum Gasteiger partial charge on any atom is -0.334 e. The lowest BCUT2D eigenvalue weighted by Gasteiger charge is -2.26. The van der Waals surface area contributed by atoms with Gasteiger partial charge in [0.1, 0.15) is 0 Å². The third kappa shape index (κ3) is 2.88. The van der Waals surface area contributed by atoms with Crippen LogP contribution in [0.1, 0.15) is 47.2 Å². The van der Waals surface area contributed by atoms with Crippen LogP contribution in [0.15, 0.2) is 18.2 Å². The van der Waals surface area contributed by atoms with Gasteiger partial charge >= 0.3 is 0 Å². The first kappa shape index (κ1) is 13.6. The molecule has 1 heterocycles. The number of nitrogens with zero attached hydrogens (tertiary/aromatic N) is 1. The third-order valence-corrected chi connectivity index (χ3v) is 4.58. The van der Waals surface area contributed by atoms with E-state index in [1.54, 1.807) is 0 Å². The van der Waals surface area contributed by atoms with E-state index in [1.807, 2.05) is 12.1 Å². The Kier molecular flexibility index (Phi) is 3.79. The van der Waals surface area contributed by atoms with E-state index in [2.05, 4.69) is 30.1 Å². The molecule has 1 saturated carbocycles. The lowest BCUT2D eigenvalue weighted by Crippen LogP contribution is -2.42. The molecule has 0 bridgehead atoms. The number of hydrogen-bond acceptors (Lipinski definition) is 2. The minimum absolute atomic E-state index is 0.212. The van der Waals surface area contributed by atoms with Gasteiger partial charge in [-0.1, -0.05) is 6.07 Å². The van der Waals surface area contributed by atoms with Crippen LogP contribution in [0.5, 0.6) is 0 Å². The second-order valence-electron chi connectivity index (χ2n) is 6.28. The van der Waals surface area contributed by atoms with Crippen LogP contribution < -0.4 is 5.32 Å². The van der Waals surface area contributed by atoms with E-state index >= 15 is 0 Å². The Bertz CT molecular complexity index is 502. The van der Waals surface area contributed by atoms with Crippen molar-refractivity contribution in [1.82, 2.24) is 10.2 Å². The molecule has 1 atom stereocenters. The number of aryl methyl sites for hydroxylation is 2. The maximum absolute atomic E-state index is 12.8. The highest BCUT2D eigenvalue weighted by Gasteiger charge is 2.34. The Morgan fingerprint density at radius 3 is 2.65 bits per heavy atom. The minimum atomic E-state index is 0.212. The molecule has 1 aromatic carbocycles. The van der Waals surface area contributed by atoms with Crippen molar-refractivity contribution in [2.24, 2.45) is 0 Å². The molecule has 2 aliphatic rings. The Balaban J connectivity index is 1.75. The number of carbonyl (C=O) groups excluding carboxylic acids is 1. The van der Waals surface area contributed by atoms with Crippen molar-refractivity contribution in [2.45, 2.75) is 51.6 Å². The molecule has 3 nitrogen and oxygen atoms in total. The Morgan fingerprint density at radius 1 is 1.25 bits per heavy atom. The number of carbonyl (C=O) groups is 1. The topological polar surface area (TPSA) is 32.3 Å². The van der Waals surface area contributed by atoms with Crippen LogP contribution in [0.4, 0.5) is 0 Å². The molecule has 1 aliphatic heterocycles. The van der Waals surface area contributed by atoms with Gasteiger partial charge in [0.25, 0.3) is 5.91 Å². The highest BCUT2D eigenvalue weighted by Crippen LogP contribution is 2.29. The molecule has 108 valence electrons. The van der Waals surface area contributed by atoms with Crippen molar-refractivity contribution in [3.05, 3.63) is 34.9 Å². The van der Waals surface area contributed by atoms with Crippen molar-refractivity contribution in [1.29, 1.82) is 0 Å². The van der Waals surface area contributed by atoms with Crippen LogP contribution in [0, 0.1) is 13.8 Å². The Labute approximate surface area is 121 Å². The van der Waals surface area contributed by atoms with Crippen LogP contribution in [-0.2, 0) is 0 Å². The summed E-state index contributed by atoms with van der Waals surface area (Å²) in [6, 6.07) is 7.04. The summed E-state index contributed by atoms with van der Waals surface area (Å²) in [5.41, 5.74) is 3.29. The number of benzene rings is 1. The van der Waals surface area contributed by atoms with E-state index in [0.717, 1.165) is 18.7 Å². The lowest BCUT2D eigenvalue weighted by molar-refractivity contribution is 0.0728. The first-order valence-electron chi connectivity index (χ1n) is 7.77. The summed E-state index contributed by atoms with van der Waals surface area (Å²) in [6.07, 6.45) is 4.77. The third-order valence-electron chi connectivity index (χ3n) is 4.58. The quantitative estimate of drug-likeness (QED) is 0.914. The van der Waals surface area contributed by atoms with Crippen LogP contribution in [0.3, 0.4) is 0 Å². The van der Waals surface area contributed by atoms with E-state index in [4.69, 9.17) is 0 Å². The standard InChI is InChI=1S/C17H24N2O/c1-12-5-6-14(10-13(12)2)17(20)19(16-7-8-16)11-15-4-3-9-18-15/h5-6,10,15-16,18H,3-4,7-9,11H2,1-2H3/t15-/m0/s1. The fraction of sp³-hybridized carbons (Fsp3) is 0.588. The van der Waals surface area contributed by atoms with Crippen molar-refractivity contribution in [3.8, 4) is 0 Å². The molecule has 20 heavy (non-hydrogen) atoms. The summed E-state index contributed by atoms with van der Waals surface area (Å²) < 4.78 is 0. The summed E-state index contributed by atoms with van der Waals surface area (Å²) in [4.78, 5) is 14.9. The molecule has 3 heteroatoms. The smallest absolute Gasteiger partial charge is 0.254 e. The Hall–Kier alpha value is -1.35. The number of hydrogen-bond donors (Lipinski definition) is 1. The number of amides is 1. The van der Waals surface area contributed by atoms with Crippen molar-refractivity contribution < 1.29 is 4.79 Å². The summed E-state index contributed by atoms with van der Waals surface area (Å²) in [5.74, 6) is 0.212. The maximum atomic E-state index is 12.8.